The lowest BCUT2D eigenvalue weighted by Gasteiger charge is -2.13. The van der Waals surface area contributed by atoms with E-state index in [1.54, 1.807) is 0 Å². The van der Waals surface area contributed by atoms with Gasteiger partial charge in [0.1, 0.15) is 11.4 Å². The average Bonchev–Trinajstić information content (AvgIpc) is 2.76. The zero-order valence-electron chi connectivity index (χ0n) is 16.7. The molecule has 4 aromatic carbocycles. The molecule has 0 aliphatic carbocycles. The molecular formula is C27H23N2+. The van der Waals surface area contributed by atoms with E-state index in [0.717, 1.165) is 33.6 Å². The van der Waals surface area contributed by atoms with Crippen LogP contribution in [0.1, 0.15) is 11.1 Å². The third-order valence-electron chi connectivity index (χ3n) is 5.13. The van der Waals surface area contributed by atoms with E-state index in [2.05, 4.69) is 80.5 Å². The summed E-state index contributed by atoms with van der Waals surface area (Å²) in [6.07, 6.45) is 0. The van der Waals surface area contributed by atoms with Crippen molar-refractivity contribution in [3.63, 3.8) is 0 Å². The van der Waals surface area contributed by atoms with Gasteiger partial charge in [-0.1, -0.05) is 101 Å². The van der Waals surface area contributed by atoms with Gasteiger partial charge in [0.2, 0.25) is 0 Å². The first kappa shape index (κ1) is 18.6. The van der Waals surface area contributed by atoms with E-state index in [1.165, 1.54) is 11.1 Å². The van der Waals surface area contributed by atoms with Crippen LogP contribution in [0.4, 0.5) is 11.4 Å². The van der Waals surface area contributed by atoms with E-state index in [1.807, 2.05) is 41.0 Å². The Morgan fingerprint density at radius 1 is 0.552 bits per heavy atom. The average molecular weight is 375 g/mol. The molecule has 4 aromatic rings. The van der Waals surface area contributed by atoms with Crippen LogP contribution in [0.15, 0.2) is 97.1 Å². The van der Waals surface area contributed by atoms with Gasteiger partial charge >= 0.3 is 6.01 Å². The zero-order valence-corrected chi connectivity index (χ0v) is 16.7. The smallest absolute Gasteiger partial charge is 0.150 e. The lowest BCUT2D eigenvalue weighted by molar-refractivity contribution is 1.09. The minimum atomic E-state index is 0.936. The van der Waals surface area contributed by atoms with Crippen molar-refractivity contribution in [3.8, 4) is 22.3 Å². The van der Waals surface area contributed by atoms with Crippen molar-refractivity contribution >= 4 is 17.4 Å². The van der Waals surface area contributed by atoms with E-state index < -0.39 is 0 Å². The van der Waals surface area contributed by atoms with Crippen molar-refractivity contribution in [3.05, 3.63) is 108 Å². The van der Waals surface area contributed by atoms with Crippen molar-refractivity contribution in [1.82, 2.24) is 4.58 Å². The molecule has 0 bridgehead atoms. The minimum absolute atomic E-state index is 0.936. The highest BCUT2D eigenvalue weighted by Gasteiger charge is 2.18. The summed E-state index contributed by atoms with van der Waals surface area (Å²) < 4.78 is 1.84. The highest BCUT2D eigenvalue weighted by atomic mass is 15.0. The van der Waals surface area contributed by atoms with E-state index in [-0.39, 0.29) is 0 Å². The molecule has 2 nitrogen and oxygen atoms in total. The first-order valence-electron chi connectivity index (χ1n) is 9.72. The van der Waals surface area contributed by atoms with Gasteiger partial charge in [0.05, 0.1) is 0 Å². The third kappa shape index (κ3) is 3.80. The lowest BCUT2D eigenvalue weighted by Crippen LogP contribution is -2.05. The fourth-order valence-corrected chi connectivity index (χ4v) is 3.54. The van der Waals surface area contributed by atoms with Crippen molar-refractivity contribution in [2.24, 2.45) is 0 Å². The summed E-state index contributed by atoms with van der Waals surface area (Å²) in [6, 6.07) is 36.0. The molecule has 1 N–H and O–H groups in total. The number of nitrogens with one attached hydrogen (secondary N) is 1. The Hall–Kier alpha value is -3.74. The van der Waals surface area contributed by atoms with E-state index >= 15 is 0 Å². The molecular weight excluding hydrogens is 352 g/mol. The molecule has 0 aliphatic heterocycles. The normalized spacial score (nSPS) is 10.4. The van der Waals surface area contributed by atoms with Crippen LogP contribution in [0.25, 0.3) is 22.3 Å². The number of rotatable bonds is 4. The van der Waals surface area contributed by atoms with Gasteiger partial charge in [-0.3, -0.25) is 0 Å². The van der Waals surface area contributed by atoms with Gasteiger partial charge in [-0.05, 0) is 37.1 Å². The highest BCUT2D eigenvalue weighted by Crippen LogP contribution is 2.36. The first-order chi connectivity index (χ1) is 14.2. The molecule has 29 heavy (non-hydrogen) atoms. The molecule has 140 valence electrons. The predicted molar refractivity (Wildman–Crippen MR) is 122 cm³/mol. The van der Waals surface area contributed by atoms with Crippen molar-refractivity contribution in [2.45, 2.75) is 13.8 Å². The molecule has 0 heterocycles. The minimum Gasteiger partial charge on any atom is -0.150 e. The van der Waals surface area contributed by atoms with Crippen LogP contribution < -0.4 is 4.58 Å². The Labute approximate surface area is 171 Å². The fraction of sp³-hybridized carbons (Fsp3) is 0.0741. The Kier molecular flexibility index (Phi) is 5.20. The van der Waals surface area contributed by atoms with E-state index in [4.69, 9.17) is 5.41 Å². The molecule has 0 saturated heterocycles. The molecule has 4 rings (SSSR count). The van der Waals surface area contributed by atoms with Crippen LogP contribution >= 0.6 is 0 Å². The Bertz CT molecular complexity index is 1110. The molecule has 0 saturated carbocycles. The topological polar surface area (TPSA) is 26.9 Å². The summed E-state index contributed by atoms with van der Waals surface area (Å²) in [5.74, 6) is 0. The standard InChI is InChI=1S/C27H23N2/c1-20-11-15-22(16-12-20)24-7-3-5-9-26(24)29(19-28)27-10-6-4-8-25(27)23-17-13-21(2)14-18-23/h3-18,28H,1-2H3/q+1. The van der Waals surface area contributed by atoms with Gasteiger partial charge in [0, 0.05) is 11.1 Å². The largest absolute Gasteiger partial charge is 0.315 e. The van der Waals surface area contributed by atoms with Crippen LogP contribution in [-0.4, -0.2) is 6.01 Å². The van der Waals surface area contributed by atoms with Crippen molar-refractivity contribution in [2.75, 3.05) is 0 Å². The number of para-hydroxylation sites is 2. The number of nitrogens with zero attached hydrogens (tertiary/aromatic N) is 1. The fourth-order valence-electron chi connectivity index (χ4n) is 3.54. The maximum atomic E-state index is 8.10. The molecule has 0 amide bonds. The van der Waals surface area contributed by atoms with Gasteiger partial charge in [0.15, 0.2) is 0 Å². The molecule has 0 spiro atoms. The number of hydrogen-bond acceptors (Lipinski definition) is 1. The molecule has 0 aromatic heterocycles. The second-order valence-electron chi connectivity index (χ2n) is 7.21. The second kappa shape index (κ2) is 8.10. The zero-order chi connectivity index (χ0) is 20.2. The van der Waals surface area contributed by atoms with Crippen LogP contribution in [0.5, 0.6) is 0 Å². The molecule has 2 heteroatoms. The molecule has 0 unspecified atom stereocenters. The Morgan fingerprint density at radius 3 is 1.31 bits per heavy atom. The molecule has 0 aliphatic rings. The summed E-state index contributed by atoms with van der Waals surface area (Å²) >= 11 is 0. The van der Waals surface area contributed by atoms with Crippen molar-refractivity contribution in [1.29, 1.82) is 5.41 Å². The van der Waals surface area contributed by atoms with Crippen molar-refractivity contribution < 1.29 is 0 Å². The highest BCUT2D eigenvalue weighted by molar-refractivity contribution is 5.85. The van der Waals surface area contributed by atoms with E-state index in [0.29, 0.717) is 0 Å². The number of aryl methyl sites for hydroxylation is 2. The summed E-state index contributed by atoms with van der Waals surface area (Å²) in [6.45, 7) is 4.18. The summed E-state index contributed by atoms with van der Waals surface area (Å²) in [7, 11) is 0. The first-order valence-corrected chi connectivity index (χ1v) is 9.72. The lowest BCUT2D eigenvalue weighted by atomic mass is 9.99. The summed E-state index contributed by atoms with van der Waals surface area (Å²) in [4.78, 5) is 0. The second-order valence-corrected chi connectivity index (χ2v) is 7.21. The Morgan fingerprint density at radius 2 is 0.931 bits per heavy atom. The predicted octanol–water partition coefficient (Wildman–Crippen LogP) is 7.22. The maximum absolute atomic E-state index is 8.10. The van der Waals surface area contributed by atoms with Gasteiger partial charge in [0.25, 0.3) is 0 Å². The van der Waals surface area contributed by atoms with Gasteiger partial charge in [-0.15, -0.1) is 0 Å². The van der Waals surface area contributed by atoms with Crippen LogP contribution in [0, 0.1) is 19.3 Å². The monoisotopic (exact) mass is 375 g/mol. The Balaban J connectivity index is 1.88. The quantitative estimate of drug-likeness (QED) is 0.288. The molecule has 0 fully saturated rings. The summed E-state index contributed by atoms with van der Waals surface area (Å²) in [5.41, 5.74) is 8.73. The third-order valence-corrected chi connectivity index (χ3v) is 5.13. The SMILES string of the molecule is Cc1ccc(-c2ccccc2[N+](=C=N)c2ccccc2-c2ccc(C)cc2)cc1. The summed E-state index contributed by atoms with van der Waals surface area (Å²) in [5, 5.41) is 8.10. The van der Waals surface area contributed by atoms with Crippen LogP contribution in [-0.2, 0) is 0 Å². The number of benzene rings is 4. The van der Waals surface area contributed by atoms with Gasteiger partial charge in [-0.2, -0.15) is 4.58 Å². The van der Waals surface area contributed by atoms with Crippen LogP contribution in [0.3, 0.4) is 0 Å². The van der Waals surface area contributed by atoms with E-state index in [9.17, 15) is 0 Å². The molecule has 0 radical (unpaired) electrons. The van der Waals surface area contributed by atoms with Gasteiger partial charge in [-0.25, -0.2) is 0 Å². The molecule has 0 atom stereocenters. The maximum Gasteiger partial charge on any atom is 0.315 e. The number of hydrogen-bond donors (Lipinski definition) is 1. The van der Waals surface area contributed by atoms with Crippen LogP contribution in [0.2, 0.25) is 0 Å². The van der Waals surface area contributed by atoms with Gasteiger partial charge < -0.3 is 0 Å².